The summed E-state index contributed by atoms with van der Waals surface area (Å²) < 4.78 is 5.64. The van der Waals surface area contributed by atoms with Gasteiger partial charge in [0.1, 0.15) is 5.75 Å². The summed E-state index contributed by atoms with van der Waals surface area (Å²) in [5, 5.41) is 3.26. The smallest absolute Gasteiger partial charge is 0.261 e. The van der Waals surface area contributed by atoms with Gasteiger partial charge in [-0.3, -0.25) is 4.79 Å². The number of amides is 1. The fourth-order valence-corrected chi connectivity index (χ4v) is 1.72. The van der Waals surface area contributed by atoms with E-state index in [1.807, 2.05) is 6.92 Å². The van der Waals surface area contributed by atoms with Crippen LogP contribution in [0.5, 0.6) is 5.75 Å². The molecule has 1 aromatic rings. The van der Waals surface area contributed by atoms with Crippen molar-refractivity contribution < 1.29 is 9.53 Å². The summed E-state index contributed by atoms with van der Waals surface area (Å²) in [5.74, 6) is 0.367. The summed E-state index contributed by atoms with van der Waals surface area (Å²) in [6, 6.07) is 4.95. The zero-order chi connectivity index (χ0) is 14.4. The highest BCUT2D eigenvalue weighted by Gasteiger charge is 2.17. The van der Waals surface area contributed by atoms with Crippen molar-refractivity contribution in [1.29, 1.82) is 0 Å². The molecular weight excluding hydrogens is 264 g/mol. The number of nitrogens with one attached hydrogen (secondary N) is 1. The second kappa shape index (κ2) is 7.16. The Kier molecular flexibility index (Phi) is 5.86. The lowest BCUT2D eigenvalue weighted by Gasteiger charge is -2.18. The molecule has 1 amide bonds. The number of benzene rings is 1. The lowest BCUT2D eigenvalue weighted by atomic mass is 10.1. The van der Waals surface area contributed by atoms with Crippen LogP contribution in [0.4, 0.5) is 0 Å². The molecule has 0 aliphatic heterocycles. The van der Waals surface area contributed by atoms with Crippen LogP contribution in [0.15, 0.2) is 30.9 Å². The predicted molar refractivity (Wildman–Crippen MR) is 77.4 cm³/mol. The summed E-state index contributed by atoms with van der Waals surface area (Å²) in [6.07, 6.45) is 0.999. The Bertz CT molecular complexity index is 461. The van der Waals surface area contributed by atoms with Crippen LogP contribution in [0.1, 0.15) is 25.5 Å². The maximum absolute atomic E-state index is 11.7. The van der Waals surface area contributed by atoms with Gasteiger partial charge in [-0.05, 0) is 32.0 Å². The van der Waals surface area contributed by atoms with Gasteiger partial charge >= 0.3 is 0 Å². The number of rotatable bonds is 6. The van der Waals surface area contributed by atoms with Gasteiger partial charge in [-0.1, -0.05) is 17.7 Å². The van der Waals surface area contributed by atoms with Crippen LogP contribution in [0.3, 0.4) is 0 Å². The first-order valence-electron chi connectivity index (χ1n) is 6.06. The largest absolute Gasteiger partial charge is 0.481 e. The Morgan fingerprint density at radius 2 is 2.26 bits per heavy atom. The minimum absolute atomic E-state index is 0.203. The first-order valence-corrected chi connectivity index (χ1v) is 6.43. The molecule has 0 aromatic heterocycles. The van der Waals surface area contributed by atoms with Crippen molar-refractivity contribution >= 4 is 17.5 Å². The zero-order valence-corrected chi connectivity index (χ0v) is 11.9. The van der Waals surface area contributed by atoms with Gasteiger partial charge in [0.25, 0.3) is 5.91 Å². The van der Waals surface area contributed by atoms with E-state index in [4.69, 9.17) is 22.1 Å². The van der Waals surface area contributed by atoms with E-state index >= 15 is 0 Å². The highest BCUT2D eigenvalue weighted by molar-refractivity contribution is 6.30. The molecule has 0 bridgehead atoms. The molecule has 0 fully saturated rings. The minimum atomic E-state index is -0.612. The van der Waals surface area contributed by atoms with Crippen molar-refractivity contribution in [2.45, 2.75) is 26.0 Å². The van der Waals surface area contributed by atoms with Gasteiger partial charge in [0.05, 0.1) is 0 Å². The molecule has 4 nitrogen and oxygen atoms in total. The average Bonchev–Trinajstić information content (AvgIpc) is 2.37. The third-order valence-corrected chi connectivity index (χ3v) is 2.79. The first-order chi connectivity index (χ1) is 8.95. The number of nitrogens with two attached hydrogens (primary N) is 1. The molecular formula is C14H19ClN2O2. The summed E-state index contributed by atoms with van der Waals surface area (Å²) in [7, 11) is 0. The monoisotopic (exact) mass is 282 g/mol. The van der Waals surface area contributed by atoms with Crippen LogP contribution < -0.4 is 15.8 Å². The zero-order valence-electron chi connectivity index (χ0n) is 11.2. The van der Waals surface area contributed by atoms with Gasteiger partial charge in [0, 0.05) is 23.2 Å². The lowest BCUT2D eigenvalue weighted by molar-refractivity contribution is -0.127. The standard InChI is InChI=1S/C14H19ClN2O2/c1-4-7-17-14(18)10(3)19-13-6-5-11(15)8-12(13)9(2)16/h4-6,8-10H,1,7,16H2,2-3H3,(H,17,18). The molecule has 1 rings (SSSR count). The van der Waals surface area contributed by atoms with E-state index in [1.165, 1.54) is 0 Å². The molecule has 0 saturated carbocycles. The van der Waals surface area contributed by atoms with Gasteiger partial charge in [0.15, 0.2) is 6.10 Å². The topological polar surface area (TPSA) is 64.3 Å². The Morgan fingerprint density at radius 1 is 1.58 bits per heavy atom. The second-order valence-electron chi connectivity index (χ2n) is 4.26. The van der Waals surface area contributed by atoms with E-state index in [-0.39, 0.29) is 11.9 Å². The fourth-order valence-electron chi connectivity index (χ4n) is 1.54. The molecule has 1 aromatic carbocycles. The highest BCUT2D eigenvalue weighted by atomic mass is 35.5. The average molecular weight is 283 g/mol. The van der Waals surface area contributed by atoms with E-state index in [0.29, 0.717) is 17.3 Å². The Hall–Kier alpha value is -1.52. The van der Waals surface area contributed by atoms with E-state index in [9.17, 15) is 4.79 Å². The second-order valence-corrected chi connectivity index (χ2v) is 4.70. The molecule has 0 spiro atoms. The number of carbonyl (C=O) groups excluding carboxylic acids is 1. The Labute approximate surface area is 118 Å². The molecule has 0 aliphatic carbocycles. The number of ether oxygens (including phenoxy) is 1. The summed E-state index contributed by atoms with van der Waals surface area (Å²) in [5.41, 5.74) is 6.64. The molecule has 2 atom stereocenters. The van der Waals surface area contributed by atoms with Gasteiger partial charge in [0.2, 0.25) is 0 Å². The third kappa shape index (κ3) is 4.58. The maximum Gasteiger partial charge on any atom is 0.261 e. The van der Waals surface area contributed by atoms with E-state index < -0.39 is 6.10 Å². The van der Waals surface area contributed by atoms with E-state index in [2.05, 4.69) is 11.9 Å². The van der Waals surface area contributed by atoms with Crippen LogP contribution in [0.2, 0.25) is 5.02 Å². The quantitative estimate of drug-likeness (QED) is 0.788. The highest BCUT2D eigenvalue weighted by Crippen LogP contribution is 2.28. The molecule has 0 saturated heterocycles. The minimum Gasteiger partial charge on any atom is -0.481 e. The first kappa shape index (κ1) is 15.5. The number of halogens is 1. The van der Waals surface area contributed by atoms with Crippen LogP contribution in [-0.2, 0) is 4.79 Å². The number of hydrogen-bond acceptors (Lipinski definition) is 3. The Morgan fingerprint density at radius 3 is 2.84 bits per heavy atom. The fraction of sp³-hybridized carbons (Fsp3) is 0.357. The van der Waals surface area contributed by atoms with Crippen molar-refractivity contribution in [3.8, 4) is 5.75 Å². The van der Waals surface area contributed by atoms with Crippen LogP contribution in [0.25, 0.3) is 0 Å². The molecule has 0 aliphatic rings. The van der Waals surface area contributed by atoms with Gasteiger partial charge in [-0.25, -0.2) is 0 Å². The predicted octanol–water partition coefficient (Wildman–Crippen LogP) is 2.43. The number of carbonyl (C=O) groups is 1. The summed E-state index contributed by atoms with van der Waals surface area (Å²) in [4.78, 5) is 11.7. The molecule has 5 heteroatoms. The third-order valence-electron chi connectivity index (χ3n) is 2.56. The molecule has 0 radical (unpaired) electrons. The maximum atomic E-state index is 11.7. The molecule has 19 heavy (non-hydrogen) atoms. The van der Waals surface area contributed by atoms with Crippen molar-refractivity contribution in [3.05, 3.63) is 41.4 Å². The van der Waals surface area contributed by atoms with Crippen molar-refractivity contribution in [2.75, 3.05) is 6.54 Å². The van der Waals surface area contributed by atoms with Gasteiger partial charge < -0.3 is 15.8 Å². The number of hydrogen-bond donors (Lipinski definition) is 2. The van der Waals surface area contributed by atoms with E-state index in [1.54, 1.807) is 31.2 Å². The molecule has 3 N–H and O–H groups in total. The van der Waals surface area contributed by atoms with Crippen molar-refractivity contribution in [1.82, 2.24) is 5.32 Å². The van der Waals surface area contributed by atoms with Crippen LogP contribution in [-0.4, -0.2) is 18.6 Å². The summed E-state index contributed by atoms with van der Waals surface area (Å²) >= 11 is 5.93. The molecule has 2 unspecified atom stereocenters. The molecule has 104 valence electrons. The van der Waals surface area contributed by atoms with Crippen molar-refractivity contribution in [3.63, 3.8) is 0 Å². The van der Waals surface area contributed by atoms with Crippen LogP contribution in [0, 0.1) is 0 Å². The van der Waals surface area contributed by atoms with Crippen LogP contribution >= 0.6 is 11.6 Å². The normalized spacial score (nSPS) is 13.5. The Balaban J connectivity index is 2.81. The van der Waals surface area contributed by atoms with Gasteiger partial charge in [-0.2, -0.15) is 0 Å². The lowest BCUT2D eigenvalue weighted by Crippen LogP contribution is -2.36. The van der Waals surface area contributed by atoms with Gasteiger partial charge in [-0.15, -0.1) is 6.58 Å². The summed E-state index contributed by atoms with van der Waals surface area (Å²) in [6.45, 7) is 7.46. The van der Waals surface area contributed by atoms with Crippen molar-refractivity contribution in [2.24, 2.45) is 5.73 Å². The molecule has 0 heterocycles. The SMILES string of the molecule is C=CCNC(=O)C(C)Oc1ccc(Cl)cc1C(C)N. The van der Waals surface area contributed by atoms with E-state index in [0.717, 1.165) is 5.56 Å².